The predicted molar refractivity (Wildman–Crippen MR) is 65.6 cm³/mol. The summed E-state index contributed by atoms with van der Waals surface area (Å²) in [6.45, 7) is 1.31. The number of likely N-dealkylation sites (tertiary alicyclic amines) is 1. The molecule has 0 aromatic heterocycles. The van der Waals surface area contributed by atoms with Crippen molar-refractivity contribution in [2.75, 3.05) is 20.1 Å². The van der Waals surface area contributed by atoms with Crippen molar-refractivity contribution >= 4 is 0 Å². The molecular formula is C13H15F3N2O. The van der Waals surface area contributed by atoms with Gasteiger partial charge < -0.3 is 4.90 Å². The van der Waals surface area contributed by atoms with Crippen molar-refractivity contribution in [3.05, 3.63) is 40.3 Å². The van der Waals surface area contributed by atoms with Crippen molar-refractivity contribution in [2.24, 2.45) is 5.18 Å². The zero-order chi connectivity index (χ0) is 14.1. The van der Waals surface area contributed by atoms with E-state index in [9.17, 15) is 18.1 Å². The molecule has 1 aromatic carbocycles. The third-order valence-electron chi connectivity index (χ3n) is 3.72. The first-order valence-corrected chi connectivity index (χ1v) is 6.08. The van der Waals surface area contributed by atoms with E-state index in [1.54, 1.807) is 6.07 Å². The van der Waals surface area contributed by atoms with Gasteiger partial charge in [-0.15, -0.1) is 4.91 Å². The number of rotatable bonds is 2. The van der Waals surface area contributed by atoms with Crippen LogP contribution < -0.4 is 0 Å². The first-order valence-electron chi connectivity index (χ1n) is 6.08. The van der Waals surface area contributed by atoms with Crippen LogP contribution in [0.2, 0.25) is 0 Å². The Hall–Kier alpha value is -1.43. The Balaban J connectivity index is 2.36. The number of nitrogens with zero attached hydrogens (tertiary/aromatic N) is 2. The Bertz CT molecular complexity index is 465. The van der Waals surface area contributed by atoms with Gasteiger partial charge >= 0.3 is 6.18 Å². The number of hydrogen-bond acceptors (Lipinski definition) is 3. The summed E-state index contributed by atoms with van der Waals surface area (Å²) in [5, 5.41) is 3.16. The van der Waals surface area contributed by atoms with E-state index < -0.39 is 17.3 Å². The summed E-state index contributed by atoms with van der Waals surface area (Å²) in [7, 11) is 1.92. The molecule has 2 rings (SSSR count). The molecule has 0 unspecified atom stereocenters. The Morgan fingerprint density at radius 3 is 2.42 bits per heavy atom. The topological polar surface area (TPSA) is 32.7 Å². The van der Waals surface area contributed by atoms with E-state index in [1.807, 2.05) is 11.9 Å². The minimum atomic E-state index is -4.40. The molecule has 0 aliphatic carbocycles. The summed E-state index contributed by atoms with van der Waals surface area (Å²) in [5.74, 6) is 0. The number of hydrogen-bond donors (Lipinski definition) is 0. The average molecular weight is 272 g/mol. The second-order valence-corrected chi connectivity index (χ2v) is 5.00. The molecule has 0 spiro atoms. The zero-order valence-corrected chi connectivity index (χ0v) is 10.6. The molecule has 19 heavy (non-hydrogen) atoms. The largest absolute Gasteiger partial charge is 0.416 e. The average Bonchev–Trinajstić information content (AvgIpc) is 2.39. The predicted octanol–water partition coefficient (Wildman–Crippen LogP) is 3.39. The fourth-order valence-corrected chi connectivity index (χ4v) is 2.41. The Labute approximate surface area is 109 Å². The summed E-state index contributed by atoms with van der Waals surface area (Å²) < 4.78 is 38.1. The molecular weight excluding hydrogens is 257 g/mol. The van der Waals surface area contributed by atoms with Gasteiger partial charge in [0.2, 0.25) is 0 Å². The molecule has 0 bridgehead atoms. The van der Waals surface area contributed by atoms with Gasteiger partial charge in [0, 0.05) is 13.1 Å². The van der Waals surface area contributed by atoms with Crippen molar-refractivity contribution in [2.45, 2.75) is 24.6 Å². The molecule has 6 heteroatoms. The summed E-state index contributed by atoms with van der Waals surface area (Å²) in [5.41, 5.74) is -1.38. The second-order valence-electron chi connectivity index (χ2n) is 5.00. The SMILES string of the molecule is CN1CCC(N=O)(c2cccc(C(F)(F)F)c2)CC1. The maximum absolute atomic E-state index is 12.7. The van der Waals surface area contributed by atoms with E-state index in [0.717, 1.165) is 12.1 Å². The van der Waals surface area contributed by atoms with Crippen molar-refractivity contribution in [1.82, 2.24) is 4.90 Å². The first-order chi connectivity index (χ1) is 8.87. The van der Waals surface area contributed by atoms with Crippen molar-refractivity contribution in [3.8, 4) is 0 Å². The van der Waals surface area contributed by atoms with E-state index in [0.29, 0.717) is 31.5 Å². The molecule has 0 amide bonds. The van der Waals surface area contributed by atoms with Gasteiger partial charge in [0.25, 0.3) is 0 Å². The highest BCUT2D eigenvalue weighted by Crippen LogP contribution is 2.39. The van der Waals surface area contributed by atoms with E-state index in [2.05, 4.69) is 5.18 Å². The Kier molecular flexibility index (Phi) is 3.62. The van der Waals surface area contributed by atoms with Crippen LogP contribution in [0.4, 0.5) is 13.2 Å². The smallest absolute Gasteiger partial charge is 0.306 e. The van der Waals surface area contributed by atoms with Gasteiger partial charge in [0.15, 0.2) is 0 Å². The Morgan fingerprint density at radius 2 is 1.89 bits per heavy atom. The maximum atomic E-state index is 12.7. The quantitative estimate of drug-likeness (QED) is 0.773. The lowest BCUT2D eigenvalue weighted by Crippen LogP contribution is -2.39. The first kappa shape index (κ1) is 14.0. The van der Waals surface area contributed by atoms with E-state index in [-0.39, 0.29) is 0 Å². The molecule has 1 fully saturated rings. The molecule has 1 heterocycles. The van der Waals surface area contributed by atoms with Crippen LogP contribution in [0.15, 0.2) is 29.4 Å². The molecule has 0 radical (unpaired) electrons. The molecule has 0 saturated carbocycles. The lowest BCUT2D eigenvalue weighted by atomic mass is 9.81. The van der Waals surface area contributed by atoms with Crippen LogP contribution in [0.5, 0.6) is 0 Å². The lowest BCUT2D eigenvalue weighted by Gasteiger charge is -2.35. The third-order valence-corrected chi connectivity index (χ3v) is 3.72. The molecule has 1 aromatic rings. The van der Waals surface area contributed by atoms with Crippen LogP contribution in [-0.4, -0.2) is 25.0 Å². The van der Waals surface area contributed by atoms with Gasteiger partial charge in [-0.1, -0.05) is 17.3 Å². The lowest BCUT2D eigenvalue weighted by molar-refractivity contribution is -0.137. The third kappa shape index (κ3) is 2.78. The van der Waals surface area contributed by atoms with Gasteiger partial charge in [-0.25, -0.2) is 0 Å². The van der Waals surface area contributed by atoms with Gasteiger partial charge in [-0.05, 0) is 37.6 Å². The molecule has 1 aliphatic rings. The minimum Gasteiger partial charge on any atom is -0.306 e. The van der Waals surface area contributed by atoms with E-state index in [1.165, 1.54) is 6.07 Å². The fraction of sp³-hybridized carbons (Fsp3) is 0.538. The van der Waals surface area contributed by atoms with Crippen LogP contribution >= 0.6 is 0 Å². The monoisotopic (exact) mass is 272 g/mol. The number of alkyl halides is 3. The maximum Gasteiger partial charge on any atom is 0.416 e. The van der Waals surface area contributed by atoms with Crippen LogP contribution in [0.25, 0.3) is 0 Å². The standard InChI is InChI=1S/C13H15F3N2O/c1-18-7-5-12(17-19,6-8-18)10-3-2-4-11(9-10)13(14,15)16/h2-4,9H,5-8H2,1H3. The van der Waals surface area contributed by atoms with Crippen molar-refractivity contribution in [1.29, 1.82) is 0 Å². The summed E-state index contributed by atoms with van der Waals surface area (Å²) in [6, 6.07) is 4.95. The van der Waals surface area contributed by atoms with E-state index in [4.69, 9.17) is 0 Å². The van der Waals surface area contributed by atoms with Crippen molar-refractivity contribution in [3.63, 3.8) is 0 Å². The van der Waals surface area contributed by atoms with Crippen LogP contribution in [-0.2, 0) is 11.7 Å². The van der Waals surface area contributed by atoms with Gasteiger partial charge in [-0.3, -0.25) is 0 Å². The fourth-order valence-electron chi connectivity index (χ4n) is 2.41. The highest BCUT2D eigenvalue weighted by atomic mass is 19.4. The zero-order valence-electron chi connectivity index (χ0n) is 10.6. The van der Waals surface area contributed by atoms with Gasteiger partial charge in [0.05, 0.1) is 5.56 Å². The number of benzene rings is 1. The van der Waals surface area contributed by atoms with Crippen molar-refractivity contribution < 1.29 is 13.2 Å². The molecule has 0 atom stereocenters. The van der Waals surface area contributed by atoms with Gasteiger partial charge in [-0.2, -0.15) is 13.2 Å². The Morgan fingerprint density at radius 1 is 1.26 bits per heavy atom. The minimum absolute atomic E-state index is 0.366. The highest BCUT2D eigenvalue weighted by molar-refractivity contribution is 5.32. The highest BCUT2D eigenvalue weighted by Gasteiger charge is 2.39. The van der Waals surface area contributed by atoms with Crippen LogP contribution in [0, 0.1) is 4.91 Å². The molecule has 0 N–H and O–H groups in total. The molecule has 1 aliphatic heterocycles. The number of nitroso groups, excluding NO2 is 1. The second kappa shape index (κ2) is 4.92. The van der Waals surface area contributed by atoms with E-state index >= 15 is 0 Å². The molecule has 104 valence electrons. The molecule has 3 nitrogen and oxygen atoms in total. The van der Waals surface area contributed by atoms with Crippen LogP contribution in [0.3, 0.4) is 0 Å². The summed E-state index contributed by atoms with van der Waals surface area (Å²) in [4.78, 5) is 13.2. The summed E-state index contributed by atoms with van der Waals surface area (Å²) in [6.07, 6.45) is -3.49. The number of halogens is 3. The van der Waals surface area contributed by atoms with Crippen LogP contribution in [0.1, 0.15) is 24.0 Å². The van der Waals surface area contributed by atoms with Gasteiger partial charge in [0.1, 0.15) is 5.54 Å². The molecule has 1 saturated heterocycles. The summed E-state index contributed by atoms with van der Waals surface area (Å²) >= 11 is 0. The number of piperidine rings is 1. The normalized spacial score (nSPS) is 20.2.